The van der Waals surface area contributed by atoms with Gasteiger partial charge in [-0.2, -0.15) is 5.10 Å². The van der Waals surface area contributed by atoms with Crippen molar-refractivity contribution in [2.24, 2.45) is 0 Å². The summed E-state index contributed by atoms with van der Waals surface area (Å²) < 4.78 is 5.34. The second-order valence-electron chi connectivity index (χ2n) is 7.00. The maximum atomic E-state index is 12.9. The molecule has 2 aliphatic heterocycles. The Bertz CT molecular complexity index is 797. The van der Waals surface area contributed by atoms with Gasteiger partial charge in [0.25, 0.3) is 0 Å². The minimum Gasteiger partial charge on any atom is -0.378 e. The van der Waals surface area contributed by atoms with Crippen molar-refractivity contribution in [2.75, 3.05) is 32.8 Å². The molecule has 7 nitrogen and oxygen atoms in total. The van der Waals surface area contributed by atoms with Gasteiger partial charge in [0.1, 0.15) is 6.04 Å². The van der Waals surface area contributed by atoms with E-state index in [9.17, 15) is 9.59 Å². The van der Waals surface area contributed by atoms with Gasteiger partial charge in [-0.1, -0.05) is 12.1 Å². The number of fused-ring (bicyclic) bond motifs is 1. The van der Waals surface area contributed by atoms with E-state index in [1.165, 1.54) is 0 Å². The Morgan fingerprint density at radius 1 is 1.19 bits per heavy atom. The predicted octanol–water partition coefficient (Wildman–Crippen LogP) is 1.35. The fraction of sp³-hybridized carbons (Fsp3) is 0.526. The van der Waals surface area contributed by atoms with Crippen molar-refractivity contribution in [2.45, 2.75) is 31.7 Å². The Hall–Kier alpha value is -2.41. The summed E-state index contributed by atoms with van der Waals surface area (Å²) >= 11 is 0. The van der Waals surface area contributed by atoms with Crippen molar-refractivity contribution in [1.29, 1.82) is 0 Å². The topological polar surface area (TPSA) is 78.5 Å². The standard InChI is InChI=1S/C19H24N4O3/c24-18(12-14-4-5-15-13-20-21-16(15)11-14)23-6-2-1-3-17(23)19(25)22-7-9-26-10-8-22/h4-5,11,13,17H,1-3,6-10,12H2,(H,20,21). The van der Waals surface area contributed by atoms with E-state index in [1.54, 1.807) is 11.1 Å². The second kappa shape index (κ2) is 7.45. The van der Waals surface area contributed by atoms with E-state index in [2.05, 4.69) is 10.2 Å². The number of benzene rings is 1. The van der Waals surface area contributed by atoms with Gasteiger partial charge in [-0.15, -0.1) is 0 Å². The van der Waals surface area contributed by atoms with Gasteiger partial charge in [-0.05, 0) is 30.9 Å². The van der Waals surface area contributed by atoms with E-state index in [0.717, 1.165) is 35.7 Å². The Balaban J connectivity index is 1.47. The van der Waals surface area contributed by atoms with Crippen LogP contribution in [-0.2, 0) is 20.7 Å². The lowest BCUT2D eigenvalue weighted by molar-refractivity contribution is -0.149. The molecule has 2 saturated heterocycles. The minimum atomic E-state index is -0.328. The first-order chi connectivity index (χ1) is 12.7. The number of nitrogens with one attached hydrogen (secondary N) is 1. The zero-order valence-corrected chi connectivity index (χ0v) is 14.8. The number of nitrogens with zero attached hydrogens (tertiary/aromatic N) is 3. The van der Waals surface area contributed by atoms with Crippen molar-refractivity contribution in [3.05, 3.63) is 30.0 Å². The maximum Gasteiger partial charge on any atom is 0.245 e. The molecule has 1 aromatic carbocycles. The van der Waals surface area contributed by atoms with Crippen molar-refractivity contribution in [3.8, 4) is 0 Å². The summed E-state index contributed by atoms with van der Waals surface area (Å²) in [5, 5.41) is 7.98. The molecule has 1 unspecified atom stereocenters. The predicted molar refractivity (Wildman–Crippen MR) is 96.5 cm³/mol. The normalized spacial score (nSPS) is 21.2. The van der Waals surface area contributed by atoms with Crippen LogP contribution in [0.15, 0.2) is 24.4 Å². The molecule has 4 rings (SSSR count). The van der Waals surface area contributed by atoms with E-state index >= 15 is 0 Å². The smallest absolute Gasteiger partial charge is 0.245 e. The monoisotopic (exact) mass is 356 g/mol. The lowest BCUT2D eigenvalue weighted by atomic mass is 9.99. The highest BCUT2D eigenvalue weighted by Gasteiger charge is 2.35. The summed E-state index contributed by atoms with van der Waals surface area (Å²) in [7, 11) is 0. The molecule has 2 aliphatic rings. The van der Waals surface area contributed by atoms with Crippen LogP contribution in [0.3, 0.4) is 0 Å². The van der Waals surface area contributed by atoms with E-state index in [0.29, 0.717) is 39.3 Å². The second-order valence-corrected chi connectivity index (χ2v) is 7.00. The average molecular weight is 356 g/mol. The van der Waals surface area contributed by atoms with Crippen LogP contribution in [0.4, 0.5) is 0 Å². The number of amides is 2. The first-order valence-corrected chi connectivity index (χ1v) is 9.30. The summed E-state index contributed by atoms with van der Waals surface area (Å²) in [6.07, 6.45) is 4.77. The number of piperidine rings is 1. The van der Waals surface area contributed by atoms with Crippen LogP contribution in [-0.4, -0.2) is 70.7 Å². The van der Waals surface area contributed by atoms with Gasteiger partial charge in [0.2, 0.25) is 11.8 Å². The average Bonchev–Trinajstić information content (AvgIpc) is 3.16. The van der Waals surface area contributed by atoms with Crippen LogP contribution in [0.2, 0.25) is 0 Å². The molecule has 1 aromatic heterocycles. The molecule has 3 heterocycles. The third-order valence-corrected chi connectivity index (χ3v) is 5.29. The quantitative estimate of drug-likeness (QED) is 0.900. The molecule has 0 radical (unpaired) electrons. The van der Waals surface area contributed by atoms with Gasteiger partial charge in [0, 0.05) is 25.0 Å². The Kier molecular flexibility index (Phi) is 4.88. The zero-order valence-electron chi connectivity index (χ0n) is 14.8. The number of rotatable bonds is 3. The van der Waals surface area contributed by atoms with Crippen LogP contribution >= 0.6 is 0 Å². The van der Waals surface area contributed by atoms with Crippen LogP contribution in [0.1, 0.15) is 24.8 Å². The molecular formula is C19H24N4O3. The van der Waals surface area contributed by atoms with Crippen LogP contribution in [0.25, 0.3) is 10.9 Å². The molecule has 0 bridgehead atoms. The molecule has 1 atom stereocenters. The van der Waals surface area contributed by atoms with E-state index in [4.69, 9.17) is 4.74 Å². The third-order valence-electron chi connectivity index (χ3n) is 5.29. The molecule has 1 N–H and O–H groups in total. The van der Waals surface area contributed by atoms with Gasteiger partial charge in [0.05, 0.1) is 31.3 Å². The van der Waals surface area contributed by atoms with Crippen molar-refractivity contribution in [3.63, 3.8) is 0 Å². The lowest BCUT2D eigenvalue weighted by Gasteiger charge is -2.38. The summed E-state index contributed by atoms with van der Waals surface area (Å²) in [6, 6.07) is 5.56. The van der Waals surface area contributed by atoms with Gasteiger partial charge in [0.15, 0.2) is 0 Å². The zero-order chi connectivity index (χ0) is 17.9. The van der Waals surface area contributed by atoms with Gasteiger partial charge >= 0.3 is 0 Å². The number of carbonyl (C=O) groups excluding carboxylic acids is 2. The molecule has 0 spiro atoms. The Morgan fingerprint density at radius 3 is 2.88 bits per heavy atom. The number of hydrogen-bond donors (Lipinski definition) is 1. The number of aromatic amines is 1. The van der Waals surface area contributed by atoms with E-state index < -0.39 is 0 Å². The first kappa shape index (κ1) is 17.0. The lowest BCUT2D eigenvalue weighted by Crippen LogP contribution is -2.55. The SMILES string of the molecule is O=C(C1CCCCN1C(=O)Cc1ccc2cn[nH]c2c1)N1CCOCC1. The molecule has 2 aromatic rings. The molecule has 2 fully saturated rings. The van der Waals surface area contributed by atoms with Crippen molar-refractivity contribution < 1.29 is 14.3 Å². The minimum absolute atomic E-state index is 0.0233. The molecule has 0 aliphatic carbocycles. The fourth-order valence-electron chi connectivity index (χ4n) is 3.85. The van der Waals surface area contributed by atoms with Crippen LogP contribution in [0, 0.1) is 0 Å². The Morgan fingerprint density at radius 2 is 2.04 bits per heavy atom. The van der Waals surface area contributed by atoms with Crippen LogP contribution in [0.5, 0.6) is 0 Å². The number of likely N-dealkylation sites (tertiary alicyclic amines) is 1. The number of carbonyl (C=O) groups is 2. The third kappa shape index (κ3) is 3.44. The fourth-order valence-corrected chi connectivity index (χ4v) is 3.85. The molecule has 138 valence electrons. The van der Waals surface area contributed by atoms with Gasteiger partial charge in [-0.25, -0.2) is 0 Å². The summed E-state index contributed by atoms with van der Waals surface area (Å²) in [5.41, 5.74) is 1.87. The number of morpholine rings is 1. The highest BCUT2D eigenvalue weighted by Crippen LogP contribution is 2.22. The number of hydrogen-bond acceptors (Lipinski definition) is 4. The highest BCUT2D eigenvalue weighted by atomic mass is 16.5. The summed E-state index contributed by atoms with van der Waals surface area (Å²) in [6.45, 7) is 3.06. The molecular weight excluding hydrogens is 332 g/mol. The van der Waals surface area contributed by atoms with Crippen molar-refractivity contribution >= 4 is 22.7 Å². The Labute approximate surface area is 152 Å². The molecule has 0 saturated carbocycles. The van der Waals surface area contributed by atoms with Gasteiger partial charge < -0.3 is 14.5 Å². The summed E-state index contributed by atoms with van der Waals surface area (Å²) in [5.74, 6) is 0.0977. The highest BCUT2D eigenvalue weighted by molar-refractivity contribution is 5.89. The molecule has 7 heteroatoms. The summed E-state index contributed by atoms with van der Waals surface area (Å²) in [4.78, 5) is 29.5. The number of H-pyrrole nitrogens is 1. The number of ether oxygens (including phenoxy) is 1. The van der Waals surface area contributed by atoms with E-state index in [1.807, 2.05) is 23.1 Å². The van der Waals surface area contributed by atoms with Gasteiger partial charge in [-0.3, -0.25) is 14.7 Å². The maximum absolute atomic E-state index is 12.9. The van der Waals surface area contributed by atoms with E-state index in [-0.39, 0.29) is 17.9 Å². The number of aromatic nitrogens is 2. The molecule has 2 amide bonds. The largest absolute Gasteiger partial charge is 0.378 e. The van der Waals surface area contributed by atoms with Crippen molar-refractivity contribution in [1.82, 2.24) is 20.0 Å². The molecule has 26 heavy (non-hydrogen) atoms. The van der Waals surface area contributed by atoms with Crippen LogP contribution < -0.4 is 0 Å². The first-order valence-electron chi connectivity index (χ1n) is 9.30.